The van der Waals surface area contributed by atoms with Gasteiger partial charge in [0, 0.05) is 12.6 Å². The summed E-state index contributed by atoms with van der Waals surface area (Å²) in [6.07, 6.45) is 0.0515. The van der Waals surface area contributed by atoms with Crippen LogP contribution in [-0.4, -0.2) is 18.5 Å². The first-order chi connectivity index (χ1) is 8.04. The molecule has 0 aliphatic rings. The van der Waals surface area contributed by atoms with Crippen molar-refractivity contribution in [1.82, 2.24) is 5.32 Å². The first-order valence-corrected chi connectivity index (χ1v) is 5.77. The normalized spacial score (nSPS) is 12.5. The smallest absolute Gasteiger partial charge is 0.224 e. The third-order valence-corrected chi connectivity index (χ3v) is 2.71. The fourth-order valence-corrected chi connectivity index (χ4v) is 1.57. The highest BCUT2D eigenvalue weighted by atomic mass is 19.1. The number of benzene rings is 1. The molecule has 0 fully saturated rings. The Morgan fingerprint density at radius 1 is 1.41 bits per heavy atom. The number of nitrogens with one attached hydrogen (secondary N) is 1. The molecule has 0 bridgehead atoms. The minimum Gasteiger partial charge on any atom is -0.352 e. The Morgan fingerprint density at radius 3 is 2.59 bits per heavy atom. The van der Waals surface area contributed by atoms with Crippen LogP contribution in [0.1, 0.15) is 19.4 Å². The summed E-state index contributed by atoms with van der Waals surface area (Å²) in [6.45, 7) is 4.36. The fourth-order valence-electron chi connectivity index (χ4n) is 1.57. The van der Waals surface area contributed by atoms with Crippen LogP contribution in [0.2, 0.25) is 0 Å². The van der Waals surface area contributed by atoms with Gasteiger partial charge in [-0.15, -0.1) is 0 Å². The highest BCUT2D eigenvalue weighted by Gasteiger charge is 2.15. The molecule has 1 atom stereocenters. The van der Waals surface area contributed by atoms with Crippen LogP contribution in [-0.2, 0) is 11.2 Å². The molecule has 0 radical (unpaired) electrons. The SMILES string of the molecule is CC(C)C(CN)NC(=O)Cc1ccccc1F. The number of rotatable bonds is 5. The van der Waals surface area contributed by atoms with E-state index in [2.05, 4.69) is 5.32 Å². The van der Waals surface area contributed by atoms with Crippen molar-refractivity contribution in [3.05, 3.63) is 35.6 Å². The Morgan fingerprint density at radius 2 is 2.06 bits per heavy atom. The van der Waals surface area contributed by atoms with Gasteiger partial charge in [-0.1, -0.05) is 32.0 Å². The van der Waals surface area contributed by atoms with Gasteiger partial charge in [-0.05, 0) is 17.5 Å². The quantitative estimate of drug-likeness (QED) is 0.816. The van der Waals surface area contributed by atoms with Gasteiger partial charge >= 0.3 is 0 Å². The van der Waals surface area contributed by atoms with Gasteiger partial charge < -0.3 is 11.1 Å². The third kappa shape index (κ3) is 4.15. The Hall–Kier alpha value is -1.42. The van der Waals surface area contributed by atoms with E-state index in [0.717, 1.165) is 0 Å². The minimum absolute atomic E-state index is 0.0515. The average Bonchev–Trinajstić information content (AvgIpc) is 2.28. The molecule has 1 aromatic carbocycles. The number of hydrogen-bond donors (Lipinski definition) is 2. The summed E-state index contributed by atoms with van der Waals surface area (Å²) in [6, 6.07) is 6.23. The number of carbonyl (C=O) groups is 1. The molecule has 0 aliphatic heterocycles. The fraction of sp³-hybridized carbons (Fsp3) is 0.462. The van der Waals surface area contributed by atoms with E-state index in [1.54, 1.807) is 18.2 Å². The van der Waals surface area contributed by atoms with Crippen molar-refractivity contribution in [2.45, 2.75) is 26.3 Å². The monoisotopic (exact) mass is 238 g/mol. The van der Waals surface area contributed by atoms with Crippen molar-refractivity contribution in [1.29, 1.82) is 0 Å². The van der Waals surface area contributed by atoms with Crippen molar-refractivity contribution in [2.24, 2.45) is 11.7 Å². The van der Waals surface area contributed by atoms with Gasteiger partial charge in [0.05, 0.1) is 6.42 Å². The molecule has 1 unspecified atom stereocenters. The molecule has 0 spiro atoms. The van der Waals surface area contributed by atoms with Crippen LogP contribution in [0.15, 0.2) is 24.3 Å². The molecule has 0 aliphatic carbocycles. The van der Waals surface area contributed by atoms with Crippen LogP contribution < -0.4 is 11.1 Å². The third-order valence-electron chi connectivity index (χ3n) is 2.71. The molecular weight excluding hydrogens is 219 g/mol. The maximum atomic E-state index is 13.3. The number of amides is 1. The largest absolute Gasteiger partial charge is 0.352 e. The molecule has 4 heteroatoms. The van der Waals surface area contributed by atoms with E-state index in [-0.39, 0.29) is 30.1 Å². The molecule has 3 nitrogen and oxygen atoms in total. The van der Waals surface area contributed by atoms with Crippen LogP contribution in [0.4, 0.5) is 4.39 Å². The summed E-state index contributed by atoms with van der Waals surface area (Å²) in [5.74, 6) is -0.277. The summed E-state index contributed by atoms with van der Waals surface area (Å²) < 4.78 is 13.3. The Labute approximate surface area is 101 Å². The Kier molecular flexibility index (Phi) is 5.10. The van der Waals surface area contributed by atoms with Crippen LogP contribution in [0.25, 0.3) is 0 Å². The van der Waals surface area contributed by atoms with Crippen LogP contribution in [0, 0.1) is 11.7 Å². The number of nitrogens with two attached hydrogens (primary N) is 1. The highest BCUT2D eigenvalue weighted by Crippen LogP contribution is 2.07. The molecule has 0 saturated heterocycles. The second kappa shape index (κ2) is 6.35. The van der Waals surface area contributed by atoms with Crippen molar-refractivity contribution in [3.8, 4) is 0 Å². The highest BCUT2D eigenvalue weighted by molar-refractivity contribution is 5.78. The number of carbonyl (C=O) groups excluding carboxylic acids is 1. The Balaban J connectivity index is 2.58. The summed E-state index contributed by atoms with van der Waals surface area (Å²) in [5.41, 5.74) is 5.96. The lowest BCUT2D eigenvalue weighted by Crippen LogP contribution is -2.44. The second-order valence-corrected chi connectivity index (χ2v) is 4.42. The molecular formula is C13H19FN2O. The molecule has 0 heterocycles. The molecule has 1 aromatic rings. The Bertz CT molecular complexity index is 379. The second-order valence-electron chi connectivity index (χ2n) is 4.42. The minimum atomic E-state index is -0.350. The van der Waals surface area contributed by atoms with E-state index in [0.29, 0.717) is 12.1 Å². The zero-order valence-electron chi connectivity index (χ0n) is 10.2. The van der Waals surface area contributed by atoms with Gasteiger partial charge in [-0.2, -0.15) is 0 Å². The molecule has 94 valence electrons. The zero-order chi connectivity index (χ0) is 12.8. The predicted octanol–water partition coefficient (Wildman–Crippen LogP) is 1.47. The molecule has 0 aromatic heterocycles. The van der Waals surface area contributed by atoms with E-state index >= 15 is 0 Å². The van der Waals surface area contributed by atoms with Gasteiger partial charge in [0.25, 0.3) is 0 Å². The molecule has 3 N–H and O–H groups in total. The summed E-state index contributed by atoms with van der Waals surface area (Å²) in [4.78, 5) is 11.7. The van der Waals surface area contributed by atoms with Crippen LogP contribution >= 0.6 is 0 Å². The lowest BCUT2D eigenvalue weighted by molar-refractivity contribution is -0.121. The van der Waals surface area contributed by atoms with Gasteiger partial charge in [-0.3, -0.25) is 4.79 Å². The lowest BCUT2D eigenvalue weighted by Gasteiger charge is -2.20. The average molecular weight is 238 g/mol. The first-order valence-electron chi connectivity index (χ1n) is 5.77. The topological polar surface area (TPSA) is 55.1 Å². The maximum Gasteiger partial charge on any atom is 0.224 e. The van der Waals surface area contributed by atoms with Gasteiger partial charge in [0.15, 0.2) is 0 Å². The maximum absolute atomic E-state index is 13.3. The predicted molar refractivity (Wildman–Crippen MR) is 65.9 cm³/mol. The molecule has 1 amide bonds. The van der Waals surface area contributed by atoms with E-state index in [1.165, 1.54) is 6.07 Å². The van der Waals surface area contributed by atoms with Crippen LogP contribution in [0.5, 0.6) is 0 Å². The number of halogens is 1. The standard InChI is InChI=1S/C13H19FN2O/c1-9(2)12(8-15)16-13(17)7-10-5-3-4-6-11(10)14/h3-6,9,12H,7-8,15H2,1-2H3,(H,16,17). The van der Waals surface area contributed by atoms with Crippen molar-refractivity contribution < 1.29 is 9.18 Å². The van der Waals surface area contributed by atoms with Gasteiger partial charge in [0.1, 0.15) is 5.82 Å². The number of hydrogen-bond acceptors (Lipinski definition) is 2. The zero-order valence-corrected chi connectivity index (χ0v) is 10.2. The summed E-state index contributed by atoms with van der Waals surface area (Å²) in [7, 11) is 0. The van der Waals surface area contributed by atoms with Crippen molar-refractivity contribution in [3.63, 3.8) is 0 Å². The van der Waals surface area contributed by atoms with Crippen molar-refractivity contribution >= 4 is 5.91 Å². The van der Waals surface area contributed by atoms with E-state index in [1.807, 2.05) is 13.8 Å². The van der Waals surface area contributed by atoms with Crippen molar-refractivity contribution in [2.75, 3.05) is 6.54 Å². The van der Waals surface area contributed by atoms with E-state index < -0.39 is 0 Å². The van der Waals surface area contributed by atoms with Gasteiger partial charge in [0.2, 0.25) is 5.91 Å². The lowest BCUT2D eigenvalue weighted by atomic mass is 10.0. The molecule has 0 saturated carbocycles. The van der Waals surface area contributed by atoms with Gasteiger partial charge in [-0.25, -0.2) is 4.39 Å². The van der Waals surface area contributed by atoms with E-state index in [9.17, 15) is 9.18 Å². The molecule has 17 heavy (non-hydrogen) atoms. The van der Waals surface area contributed by atoms with E-state index in [4.69, 9.17) is 5.73 Å². The summed E-state index contributed by atoms with van der Waals surface area (Å²) in [5, 5.41) is 2.81. The molecule has 1 rings (SSSR count). The van der Waals surface area contributed by atoms with Crippen LogP contribution in [0.3, 0.4) is 0 Å². The first kappa shape index (κ1) is 13.6. The summed E-state index contributed by atoms with van der Waals surface area (Å²) >= 11 is 0.